The predicted molar refractivity (Wildman–Crippen MR) is 102 cm³/mol. The van der Waals surface area contributed by atoms with Crippen LogP contribution in [-0.2, 0) is 6.54 Å². The van der Waals surface area contributed by atoms with Gasteiger partial charge in [-0.15, -0.1) is 0 Å². The molecular formula is C20H17N5O. The first-order valence-electron chi connectivity index (χ1n) is 8.23. The van der Waals surface area contributed by atoms with E-state index in [-0.39, 0.29) is 0 Å². The monoisotopic (exact) mass is 343 g/mol. The maximum absolute atomic E-state index is 11.8. The molecule has 128 valence electrons. The van der Waals surface area contributed by atoms with Crippen molar-refractivity contribution in [1.82, 2.24) is 15.0 Å². The van der Waals surface area contributed by atoms with Crippen LogP contribution in [0, 0.1) is 0 Å². The van der Waals surface area contributed by atoms with Crippen LogP contribution in [0.5, 0.6) is 0 Å². The summed E-state index contributed by atoms with van der Waals surface area (Å²) in [6.07, 6.45) is 3.59. The quantitative estimate of drug-likeness (QED) is 0.518. The second-order valence-corrected chi connectivity index (χ2v) is 5.88. The Hall–Kier alpha value is -3.67. The van der Waals surface area contributed by atoms with Gasteiger partial charge >= 0.3 is 0 Å². The molecule has 0 unspecified atom stereocenters. The van der Waals surface area contributed by atoms with Crippen molar-refractivity contribution in [2.45, 2.75) is 6.54 Å². The van der Waals surface area contributed by atoms with Crippen LogP contribution in [0.15, 0.2) is 67.0 Å². The van der Waals surface area contributed by atoms with Gasteiger partial charge in [0.15, 0.2) is 0 Å². The Morgan fingerprint density at radius 1 is 1.08 bits per heavy atom. The van der Waals surface area contributed by atoms with E-state index < -0.39 is 5.91 Å². The molecule has 6 nitrogen and oxygen atoms in total. The number of amides is 1. The van der Waals surface area contributed by atoms with Crippen LogP contribution in [0.1, 0.15) is 16.1 Å². The number of carbonyl (C=O) groups excluding carboxylic acids is 1. The van der Waals surface area contributed by atoms with Crippen molar-refractivity contribution < 1.29 is 4.79 Å². The molecule has 0 bridgehead atoms. The average Bonchev–Trinajstić information content (AvgIpc) is 3.15. The number of nitrogens with two attached hydrogens (primary N) is 1. The lowest BCUT2D eigenvalue weighted by atomic mass is 9.97. The Morgan fingerprint density at radius 2 is 1.92 bits per heavy atom. The van der Waals surface area contributed by atoms with Gasteiger partial charge in [-0.1, -0.05) is 24.3 Å². The number of nitrogens with one attached hydrogen (secondary N) is 2. The molecule has 0 saturated heterocycles. The Balaban J connectivity index is 1.77. The number of rotatable bonds is 5. The minimum absolute atomic E-state index is 0.455. The standard InChI is InChI=1S/C20H17N5O/c21-19(26)15-7-2-1-6-14(15)17-11-18(25-20-16(17)8-10-23-20)24-12-13-5-3-4-9-22-13/h1-11H,12H2,(H2,21,26)(H2,23,24,25). The summed E-state index contributed by atoms with van der Waals surface area (Å²) >= 11 is 0. The molecule has 3 aromatic heterocycles. The lowest BCUT2D eigenvalue weighted by molar-refractivity contribution is 0.100. The number of pyridine rings is 2. The van der Waals surface area contributed by atoms with E-state index in [1.807, 2.05) is 48.7 Å². The Kier molecular flexibility index (Phi) is 4.07. The van der Waals surface area contributed by atoms with E-state index in [0.29, 0.717) is 17.9 Å². The fourth-order valence-electron chi connectivity index (χ4n) is 2.97. The molecule has 6 heteroatoms. The van der Waals surface area contributed by atoms with Gasteiger partial charge in [-0.25, -0.2) is 4.98 Å². The van der Waals surface area contributed by atoms with Crippen LogP contribution >= 0.6 is 0 Å². The molecule has 0 radical (unpaired) electrons. The number of primary amides is 1. The lowest BCUT2D eigenvalue weighted by Gasteiger charge is -2.11. The minimum Gasteiger partial charge on any atom is -0.366 e. The Morgan fingerprint density at radius 3 is 2.73 bits per heavy atom. The van der Waals surface area contributed by atoms with Crippen LogP contribution < -0.4 is 11.1 Å². The van der Waals surface area contributed by atoms with Gasteiger partial charge in [0.25, 0.3) is 0 Å². The van der Waals surface area contributed by atoms with Crippen molar-refractivity contribution in [3.05, 3.63) is 78.2 Å². The third-order valence-corrected chi connectivity index (χ3v) is 4.19. The largest absolute Gasteiger partial charge is 0.366 e. The third kappa shape index (κ3) is 3.00. The maximum Gasteiger partial charge on any atom is 0.249 e. The van der Waals surface area contributed by atoms with Crippen LogP contribution in [0.4, 0.5) is 5.82 Å². The van der Waals surface area contributed by atoms with Gasteiger partial charge in [-0.05, 0) is 41.5 Å². The highest BCUT2D eigenvalue weighted by molar-refractivity contribution is 6.04. The molecule has 0 fully saturated rings. The number of hydrogen-bond donors (Lipinski definition) is 3. The average molecular weight is 343 g/mol. The highest BCUT2D eigenvalue weighted by atomic mass is 16.1. The predicted octanol–water partition coefficient (Wildman–Crippen LogP) is 3.34. The molecule has 0 aliphatic heterocycles. The van der Waals surface area contributed by atoms with Crippen molar-refractivity contribution >= 4 is 22.8 Å². The topological polar surface area (TPSA) is 96.7 Å². The van der Waals surface area contributed by atoms with Crippen LogP contribution in [0.3, 0.4) is 0 Å². The van der Waals surface area contributed by atoms with E-state index in [2.05, 4.69) is 20.3 Å². The van der Waals surface area contributed by atoms with Gasteiger partial charge in [0.2, 0.25) is 5.91 Å². The molecule has 0 spiro atoms. The molecule has 0 aliphatic carbocycles. The fraction of sp³-hybridized carbons (Fsp3) is 0.0500. The molecule has 0 atom stereocenters. The van der Waals surface area contributed by atoms with E-state index in [1.54, 1.807) is 18.3 Å². The van der Waals surface area contributed by atoms with Gasteiger partial charge in [-0.3, -0.25) is 9.78 Å². The number of hydrogen-bond acceptors (Lipinski definition) is 4. The number of anilines is 1. The van der Waals surface area contributed by atoms with Gasteiger partial charge in [0.05, 0.1) is 12.2 Å². The summed E-state index contributed by atoms with van der Waals surface area (Å²) in [6.45, 7) is 0.553. The van der Waals surface area contributed by atoms with Crippen LogP contribution in [0.25, 0.3) is 22.2 Å². The SMILES string of the molecule is NC(=O)c1ccccc1-c1cc(NCc2ccccn2)nc2[nH]ccc12. The minimum atomic E-state index is -0.455. The summed E-state index contributed by atoms with van der Waals surface area (Å²) in [5, 5.41) is 4.22. The molecule has 4 rings (SSSR count). The summed E-state index contributed by atoms with van der Waals surface area (Å²) < 4.78 is 0. The first kappa shape index (κ1) is 15.8. The molecule has 1 aromatic carbocycles. The summed E-state index contributed by atoms with van der Waals surface area (Å²) in [6, 6.07) is 17.0. The summed E-state index contributed by atoms with van der Waals surface area (Å²) in [5.74, 6) is 0.240. The number of benzene rings is 1. The normalized spacial score (nSPS) is 10.8. The third-order valence-electron chi connectivity index (χ3n) is 4.19. The number of carbonyl (C=O) groups is 1. The van der Waals surface area contributed by atoms with Crippen molar-refractivity contribution in [2.75, 3.05) is 5.32 Å². The van der Waals surface area contributed by atoms with Crippen LogP contribution in [-0.4, -0.2) is 20.9 Å². The zero-order valence-corrected chi connectivity index (χ0v) is 13.9. The molecule has 0 aliphatic rings. The van der Waals surface area contributed by atoms with Crippen molar-refractivity contribution in [1.29, 1.82) is 0 Å². The zero-order valence-electron chi connectivity index (χ0n) is 13.9. The first-order chi connectivity index (χ1) is 12.7. The number of H-pyrrole nitrogens is 1. The van der Waals surface area contributed by atoms with E-state index in [9.17, 15) is 4.79 Å². The summed E-state index contributed by atoms with van der Waals surface area (Å²) in [4.78, 5) is 23.9. The number of aromatic amines is 1. The van der Waals surface area contributed by atoms with Gasteiger partial charge in [0, 0.05) is 23.3 Å². The van der Waals surface area contributed by atoms with Crippen LogP contribution in [0.2, 0.25) is 0 Å². The molecule has 4 aromatic rings. The summed E-state index contributed by atoms with van der Waals surface area (Å²) in [5.41, 5.74) is 9.38. The van der Waals surface area contributed by atoms with E-state index in [4.69, 9.17) is 5.73 Å². The van der Waals surface area contributed by atoms with Gasteiger partial charge < -0.3 is 16.0 Å². The van der Waals surface area contributed by atoms with Gasteiger partial charge in [-0.2, -0.15) is 0 Å². The van der Waals surface area contributed by atoms with Crippen molar-refractivity contribution in [3.8, 4) is 11.1 Å². The highest BCUT2D eigenvalue weighted by Crippen LogP contribution is 2.32. The molecular weight excluding hydrogens is 326 g/mol. The number of fused-ring (bicyclic) bond motifs is 1. The lowest BCUT2D eigenvalue weighted by Crippen LogP contribution is -2.12. The van der Waals surface area contributed by atoms with Gasteiger partial charge in [0.1, 0.15) is 11.5 Å². The molecule has 3 heterocycles. The first-order valence-corrected chi connectivity index (χ1v) is 8.23. The number of aromatic nitrogens is 3. The maximum atomic E-state index is 11.8. The van der Waals surface area contributed by atoms with Crippen molar-refractivity contribution in [3.63, 3.8) is 0 Å². The van der Waals surface area contributed by atoms with E-state index in [1.165, 1.54) is 0 Å². The highest BCUT2D eigenvalue weighted by Gasteiger charge is 2.14. The summed E-state index contributed by atoms with van der Waals surface area (Å²) in [7, 11) is 0. The molecule has 4 N–H and O–H groups in total. The Labute approximate surface area is 150 Å². The van der Waals surface area contributed by atoms with E-state index in [0.717, 1.165) is 27.9 Å². The number of nitrogens with zero attached hydrogens (tertiary/aromatic N) is 2. The fourth-order valence-corrected chi connectivity index (χ4v) is 2.97. The second-order valence-electron chi connectivity index (χ2n) is 5.88. The molecule has 26 heavy (non-hydrogen) atoms. The zero-order chi connectivity index (χ0) is 17.9. The van der Waals surface area contributed by atoms with Crippen molar-refractivity contribution in [2.24, 2.45) is 5.73 Å². The molecule has 0 saturated carbocycles. The molecule has 1 amide bonds. The van der Waals surface area contributed by atoms with E-state index >= 15 is 0 Å². The smallest absolute Gasteiger partial charge is 0.249 e. The Bertz CT molecular complexity index is 1070. The second kappa shape index (κ2) is 6.68.